The van der Waals surface area contributed by atoms with Crippen molar-refractivity contribution in [3.63, 3.8) is 0 Å². The van der Waals surface area contributed by atoms with E-state index in [4.69, 9.17) is 0 Å². The lowest BCUT2D eigenvalue weighted by atomic mass is 10.1. The molecule has 0 aliphatic rings. The molecule has 13 heavy (non-hydrogen) atoms. The summed E-state index contributed by atoms with van der Waals surface area (Å²) in [6, 6.07) is 1.70. The van der Waals surface area contributed by atoms with Crippen LogP contribution in [0.4, 0.5) is 0 Å². The summed E-state index contributed by atoms with van der Waals surface area (Å²) in [7, 11) is 0. The highest BCUT2D eigenvalue weighted by atomic mass is 32.1. The molecule has 1 aromatic heterocycles. The van der Waals surface area contributed by atoms with Crippen LogP contribution >= 0.6 is 11.3 Å². The zero-order valence-electron chi connectivity index (χ0n) is 7.50. The molecule has 3 heteroatoms. The Hall–Kier alpha value is -1.11. The van der Waals surface area contributed by atoms with Gasteiger partial charge in [-0.1, -0.05) is 11.8 Å². The fourth-order valence-electron chi connectivity index (χ4n) is 0.705. The predicted octanol–water partition coefficient (Wildman–Crippen LogP) is 1.68. The van der Waals surface area contributed by atoms with Gasteiger partial charge in [-0.25, -0.2) is 0 Å². The van der Waals surface area contributed by atoms with Gasteiger partial charge in [0.2, 0.25) is 0 Å². The molecule has 1 rings (SSSR count). The Labute approximate surface area is 81.2 Å². The highest BCUT2D eigenvalue weighted by Crippen LogP contribution is 2.11. The van der Waals surface area contributed by atoms with E-state index in [1.54, 1.807) is 25.3 Å². The molecular weight excluding hydrogens is 184 g/mol. The maximum absolute atomic E-state index is 10.3. The van der Waals surface area contributed by atoms with E-state index in [1.807, 2.05) is 0 Å². The Morgan fingerprint density at radius 2 is 2.31 bits per heavy atom. The first-order chi connectivity index (χ1) is 6.01. The molecule has 0 spiro atoms. The van der Waals surface area contributed by atoms with E-state index in [2.05, 4.69) is 11.8 Å². The maximum Gasteiger partial charge on any atom is 0.160 e. The number of hydrogen-bond donors (Lipinski definition) is 1. The van der Waals surface area contributed by atoms with Gasteiger partial charge >= 0.3 is 0 Å². The van der Waals surface area contributed by atoms with Crippen molar-refractivity contribution in [3.05, 3.63) is 21.9 Å². The number of hydrogen-bond acceptors (Lipinski definition) is 3. The SMILES string of the molecule is CC(C)(O)C#Cc1csc(C=O)c1. The zero-order chi connectivity index (χ0) is 9.90. The van der Waals surface area contributed by atoms with Crippen LogP contribution in [0.25, 0.3) is 0 Å². The van der Waals surface area contributed by atoms with Crippen LogP contribution in [0.5, 0.6) is 0 Å². The molecule has 1 N–H and O–H groups in total. The first-order valence-electron chi connectivity index (χ1n) is 3.80. The summed E-state index contributed by atoms with van der Waals surface area (Å²) < 4.78 is 0. The molecule has 0 amide bonds. The third kappa shape index (κ3) is 3.41. The minimum absolute atomic E-state index is 0.653. The second-order valence-corrected chi connectivity index (χ2v) is 4.11. The van der Waals surface area contributed by atoms with E-state index >= 15 is 0 Å². The zero-order valence-corrected chi connectivity index (χ0v) is 8.31. The lowest BCUT2D eigenvalue weighted by Gasteiger charge is -2.05. The normalized spacial score (nSPS) is 10.4. The van der Waals surface area contributed by atoms with Gasteiger partial charge < -0.3 is 5.11 Å². The van der Waals surface area contributed by atoms with Crippen molar-refractivity contribution >= 4 is 17.6 Å². The number of carbonyl (C=O) groups is 1. The fraction of sp³-hybridized carbons (Fsp3) is 0.300. The fourth-order valence-corrected chi connectivity index (χ4v) is 1.35. The van der Waals surface area contributed by atoms with E-state index in [0.717, 1.165) is 11.8 Å². The van der Waals surface area contributed by atoms with Crippen LogP contribution in [-0.2, 0) is 0 Å². The minimum Gasteiger partial charge on any atom is -0.378 e. The van der Waals surface area contributed by atoms with Crippen molar-refractivity contribution < 1.29 is 9.90 Å². The molecule has 0 bridgehead atoms. The van der Waals surface area contributed by atoms with E-state index in [0.29, 0.717) is 4.88 Å². The van der Waals surface area contributed by atoms with E-state index in [1.165, 1.54) is 11.3 Å². The van der Waals surface area contributed by atoms with Gasteiger partial charge in [-0.15, -0.1) is 11.3 Å². The van der Waals surface area contributed by atoms with Gasteiger partial charge in [-0.05, 0) is 19.9 Å². The summed E-state index contributed by atoms with van der Waals surface area (Å²) >= 11 is 1.35. The molecular formula is C10H10O2S. The molecule has 0 aliphatic heterocycles. The average molecular weight is 194 g/mol. The van der Waals surface area contributed by atoms with Crippen molar-refractivity contribution in [3.8, 4) is 11.8 Å². The summed E-state index contributed by atoms with van der Waals surface area (Å²) in [5, 5.41) is 11.1. The Morgan fingerprint density at radius 3 is 2.77 bits per heavy atom. The Morgan fingerprint density at radius 1 is 1.62 bits per heavy atom. The number of rotatable bonds is 1. The molecule has 0 aromatic carbocycles. The highest BCUT2D eigenvalue weighted by molar-refractivity contribution is 7.11. The number of aldehydes is 1. The highest BCUT2D eigenvalue weighted by Gasteiger charge is 2.05. The van der Waals surface area contributed by atoms with E-state index in [9.17, 15) is 9.90 Å². The van der Waals surface area contributed by atoms with Crippen molar-refractivity contribution in [2.24, 2.45) is 0 Å². The average Bonchev–Trinajstić information content (AvgIpc) is 2.47. The van der Waals surface area contributed by atoms with Crippen LogP contribution in [0.2, 0.25) is 0 Å². The maximum atomic E-state index is 10.3. The molecule has 1 heterocycles. The summed E-state index contributed by atoms with van der Waals surface area (Å²) in [4.78, 5) is 11.0. The third-order valence-corrected chi connectivity index (χ3v) is 2.11. The minimum atomic E-state index is -0.983. The van der Waals surface area contributed by atoms with Crippen LogP contribution in [-0.4, -0.2) is 17.0 Å². The molecule has 0 unspecified atom stereocenters. The summed E-state index contributed by atoms with van der Waals surface area (Å²) in [6.07, 6.45) is 0.792. The van der Waals surface area contributed by atoms with E-state index < -0.39 is 5.60 Å². The second kappa shape index (κ2) is 3.73. The Kier molecular flexibility index (Phi) is 2.86. The molecule has 0 aliphatic carbocycles. The molecule has 0 fully saturated rings. The van der Waals surface area contributed by atoms with Gasteiger partial charge in [0.1, 0.15) is 5.60 Å². The van der Waals surface area contributed by atoms with Crippen LogP contribution in [0.15, 0.2) is 11.4 Å². The summed E-state index contributed by atoms with van der Waals surface area (Å²) in [5.74, 6) is 5.46. The molecule has 1 aromatic rings. The second-order valence-electron chi connectivity index (χ2n) is 3.16. The molecule has 2 nitrogen and oxygen atoms in total. The van der Waals surface area contributed by atoms with Gasteiger partial charge in [-0.2, -0.15) is 0 Å². The molecule has 0 radical (unpaired) electrons. The van der Waals surface area contributed by atoms with E-state index in [-0.39, 0.29) is 0 Å². The standard InChI is InChI=1S/C10H10O2S/c1-10(2,12)4-3-8-5-9(6-11)13-7-8/h5-7,12H,1-2H3. The molecule has 0 atom stereocenters. The molecule has 0 saturated carbocycles. The first kappa shape index (κ1) is 9.97. The van der Waals surface area contributed by atoms with Gasteiger partial charge in [0, 0.05) is 10.9 Å². The summed E-state index contributed by atoms with van der Waals surface area (Å²) in [5.41, 5.74) is -0.210. The smallest absolute Gasteiger partial charge is 0.160 e. The van der Waals surface area contributed by atoms with Gasteiger partial charge in [0.05, 0.1) is 4.88 Å². The van der Waals surface area contributed by atoms with Crippen molar-refractivity contribution in [1.82, 2.24) is 0 Å². The van der Waals surface area contributed by atoms with Crippen LogP contribution in [0.3, 0.4) is 0 Å². The lowest BCUT2D eigenvalue weighted by molar-refractivity contribution is 0.112. The Balaban J connectivity index is 2.84. The quantitative estimate of drug-likeness (QED) is 0.545. The predicted molar refractivity (Wildman–Crippen MR) is 52.9 cm³/mol. The van der Waals surface area contributed by atoms with Crippen molar-refractivity contribution in [2.75, 3.05) is 0 Å². The largest absolute Gasteiger partial charge is 0.378 e. The first-order valence-corrected chi connectivity index (χ1v) is 4.68. The molecule has 68 valence electrons. The number of carbonyl (C=O) groups excluding carboxylic acids is 1. The summed E-state index contributed by atoms with van der Waals surface area (Å²) in [6.45, 7) is 3.24. The van der Waals surface area contributed by atoms with Crippen molar-refractivity contribution in [1.29, 1.82) is 0 Å². The third-order valence-electron chi connectivity index (χ3n) is 1.25. The van der Waals surface area contributed by atoms with Crippen LogP contribution in [0.1, 0.15) is 29.1 Å². The molecule has 0 saturated heterocycles. The monoisotopic (exact) mass is 194 g/mol. The lowest BCUT2D eigenvalue weighted by Crippen LogP contribution is -2.14. The topological polar surface area (TPSA) is 37.3 Å². The van der Waals surface area contributed by atoms with Crippen LogP contribution in [0, 0.1) is 11.8 Å². The van der Waals surface area contributed by atoms with Crippen LogP contribution < -0.4 is 0 Å². The van der Waals surface area contributed by atoms with Gasteiger partial charge in [0.15, 0.2) is 6.29 Å². The Bertz CT molecular complexity index is 360. The number of aliphatic hydroxyl groups is 1. The number of thiophene rings is 1. The van der Waals surface area contributed by atoms with Gasteiger partial charge in [0.25, 0.3) is 0 Å². The van der Waals surface area contributed by atoms with Gasteiger partial charge in [-0.3, -0.25) is 4.79 Å². The van der Waals surface area contributed by atoms with Crippen molar-refractivity contribution in [2.45, 2.75) is 19.4 Å².